The van der Waals surface area contributed by atoms with Crippen molar-refractivity contribution in [2.75, 3.05) is 46.6 Å². The SMILES string of the molecule is COc1cccc(OCCCN2CCOCC2)n1. The Labute approximate surface area is 108 Å². The van der Waals surface area contributed by atoms with Crippen molar-refractivity contribution in [3.8, 4) is 11.8 Å². The van der Waals surface area contributed by atoms with Gasteiger partial charge >= 0.3 is 0 Å². The van der Waals surface area contributed by atoms with E-state index in [0.717, 1.165) is 39.3 Å². The van der Waals surface area contributed by atoms with Gasteiger partial charge in [-0.15, -0.1) is 0 Å². The highest BCUT2D eigenvalue weighted by Crippen LogP contribution is 2.12. The first-order valence-electron chi connectivity index (χ1n) is 6.32. The van der Waals surface area contributed by atoms with Crippen LogP contribution in [0.4, 0.5) is 0 Å². The van der Waals surface area contributed by atoms with Gasteiger partial charge in [0.15, 0.2) is 0 Å². The molecule has 0 saturated carbocycles. The zero-order valence-corrected chi connectivity index (χ0v) is 10.8. The Bertz CT molecular complexity index is 354. The zero-order valence-electron chi connectivity index (χ0n) is 10.8. The molecule has 100 valence electrons. The molecule has 0 aromatic carbocycles. The van der Waals surface area contributed by atoms with Gasteiger partial charge in [-0.05, 0) is 6.42 Å². The van der Waals surface area contributed by atoms with Crippen LogP contribution in [0.5, 0.6) is 11.8 Å². The average molecular weight is 252 g/mol. The Morgan fingerprint density at radius 2 is 2.06 bits per heavy atom. The summed E-state index contributed by atoms with van der Waals surface area (Å²) in [5, 5.41) is 0. The maximum atomic E-state index is 5.59. The number of hydrogen-bond donors (Lipinski definition) is 0. The van der Waals surface area contributed by atoms with Crippen LogP contribution in [0, 0.1) is 0 Å². The molecule has 0 N–H and O–H groups in total. The first-order chi connectivity index (χ1) is 8.88. The highest BCUT2D eigenvalue weighted by Gasteiger charge is 2.09. The lowest BCUT2D eigenvalue weighted by molar-refractivity contribution is 0.0357. The minimum Gasteiger partial charge on any atom is -0.481 e. The number of aromatic nitrogens is 1. The van der Waals surface area contributed by atoms with Crippen LogP contribution in [-0.4, -0.2) is 56.4 Å². The summed E-state index contributed by atoms with van der Waals surface area (Å²) >= 11 is 0. The molecule has 0 aliphatic carbocycles. The molecule has 5 nitrogen and oxygen atoms in total. The molecule has 1 aromatic heterocycles. The number of hydrogen-bond acceptors (Lipinski definition) is 5. The second-order valence-corrected chi connectivity index (χ2v) is 4.17. The van der Waals surface area contributed by atoms with Crippen LogP contribution < -0.4 is 9.47 Å². The smallest absolute Gasteiger partial charge is 0.216 e. The molecule has 0 atom stereocenters. The highest BCUT2D eigenvalue weighted by molar-refractivity contribution is 5.19. The summed E-state index contributed by atoms with van der Waals surface area (Å²) in [4.78, 5) is 6.59. The summed E-state index contributed by atoms with van der Waals surface area (Å²) < 4.78 is 15.9. The normalized spacial score (nSPS) is 16.5. The number of morpholine rings is 1. The Morgan fingerprint density at radius 3 is 2.83 bits per heavy atom. The van der Waals surface area contributed by atoms with Gasteiger partial charge in [-0.2, -0.15) is 4.98 Å². The van der Waals surface area contributed by atoms with Gasteiger partial charge < -0.3 is 14.2 Å². The lowest BCUT2D eigenvalue weighted by Gasteiger charge is -2.26. The van der Waals surface area contributed by atoms with Gasteiger partial charge in [0.05, 0.1) is 26.9 Å². The molecule has 5 heteroatoms. The van der Waals surface area contributed by atoms with Crippen LogP contribution >= 0.6 is 0 Å². The molecule has 18 heavy (non-hydrogen) atoms. The fraction of sp³-hybridized carbons (Fsp3) is 0.615. The lowest BCUT2D eigenvalue weighted by Crippen LogP contribution is -2.37. The monoisotopic (exact) mass is 252 g/mol. The van der Waals surface area contributed by atoms with Gasteiger partial charge in [0.2, 0.25) is 11.8 Å². The van der Waals surface area contributed by atoms with Gasteiger partial charge in [0, 0.05) is 31.8 Å². The second kappa shape index (κ2) is 7.18. The first kappa shape index (κ1) is 13.1. The number of nitrogens with zero attached hydrogens (tertiary/aromatic N) is 2. The van der Waals surface area contributed by atoms with Crippen molar-refractivity contribution >= 4 is 0 Å². The zero-order chi connectivity index (χ0) is 12.6. The largest absolute Gasteiger partial charge is 0.481 e. The van der Waals surface area contributed by atoms with Gasteiger partial charge in [-0.3, -0.25) is 4.90 Å². The van der Waals surface area contributed by atoms with Crippen LogP contribution in [0.2, 0.25) is 0 Å². The Morgan fingerprint density at radius 1 is 1.28 bits per heavy atom. The minimum atomic E-state index is 0.584. The van der Waals surface area contributed by atoms with Crippen molar-refractivity contribution in [2.24, 2.45) is 0 Å². The van der Waals surface area contributed by atoms with E-state index in [4.69, 9.17) is 14.2 Å². The maximum Gasteiger partial charge on any atom is 0.216 e. The molecule has 1 aliphatic heterocycles. The second-order valence-electron chi connectivity index (χ2n) is 4.17. The molecule has 2 heterocycles. The highest BCUT2D eigenvalue weighted by atomic mass is 16.5. The average Bonchev–Trinajstić information content (AvgIpc) is 2.45. The van der Waals surface area contributed by atoms with Crippen molar-refractivity contribution in [2.45, 2.75) is 6.42 Å². The van der Waals surface area contributed by atoms with Gasteiger partial charge in [0.25, 0.3) is 0 Å². The van der Waals surface area contributed by atoms with Crippen molar-refractivity contribution in [3.05, 3.63) is 18.2 Å². The third-order valence-corrected chi connectivity index (χ3v) is 2.88. The summed E-state index contributed by atoms with van der Waals surface area (Å²) in [5.41, 5.74) is 0. The van der Waals surface area contributed by atoms with E-state index in [1.165, 1.54) is 0 Å². The van der Waals surface area contributed by atoms with E-state index in [1.807, 2.05) is 12.1 Å². The molecule has 2 rings (SSSR count). The fourth-order valence-electron chi connectivity index (χ4n) is 1.88. The van der Waals surface area contributed by atoms with Crippen molar-refractivity contribution in [1.82, 2.24) is 9.88 Å². The Balaban J connectivity index is 1.65. The van der Waals surface area contributed by atoms with E-state index in [1.54, 1.807) is 13.2 Å². The maximum absolute atomic E-state index is 5.59. The van der Waals surface area contributed by atoms with Crippen LogP contribution in [-0.2, 0) is 4.74 Å². The van der Waals surface area contributed by atoms with Gasteiger partial charge in [-0.1, -0.05) is 6.07 Å². The molecule has 1 fully saturated rings. The summed E-state index contributed by atoms with van der Waals surface area (Å²) in [6.07, 6.45) is 0.999. The van der Waals surface area contributed by atoms with Crippen LogP contribution in [0.15, 0.2) is 18.2 Å². The van der Waals surface area contributed by atoms with Crippen molar-refractivity contribution in [3.63, 3.8) is 0 Å². The van der Waals surface area contributed by atoms with E-state index in [0.29, 0.717) is 18.4 Å². The van der Waals surface area contributed by atoms with Crippen LogP contribution in [0.25, 0.3) is 0 Å². The van der Waals surface area contributed by atoms with Crippen LogP contribution in [0.1, 0.15) is 6.42 Å². The van der Waals surface area contributed by atoms with E-state index in [9.17, 15) is 0 Å². The molecule has 0 unspecified atom stereocenters. The first-order valence-corrected chi connectivity index (χ1v) is 6.32. The fourth-order valence-corrected chi connectivity index (χ4v) is 1.88. The molecule has 0 bridgehead atoms. The molecule has 1 saturated heterocycles. The Hall–Kier alpha value is -1.33. The predicted molar refractivity (Wildman–Crippen MR) is 68.2 cm³/mol. The molecular weight excluding hydrogens is 232 g/mol. The van der Waals surface area contributed by atoms with E-state index in [-0.39, 0.29) is 0 Å². The summed E-state index contributed by atoms with van der Waals surface area (Å²) in [5.74, 6) is 1.21. The summed E-state index contributed by atoms with van der Waals surface area (Å²) in [7, 11) is 1.60. The molecule has 1 aromatic rings. The van der Waals surface area contributed by atoms with Crippen molar-refractivity contribution in [1.29, 1.82) is 0 Å². The molecular formula is C13H20N2O3. The lowest BCUT2D eigenvalue weighted by atomic mass is 10.3. The minimum absolute atomic E-state index is 0.584. The number of methoxy groups -OCH3 is 1. The van der Waals surface area contributed by atoms with E-state index >= 15 is 0 Å². The standard InChI is InChI=1S/C13H20N2O3/c1-16-12-4-2-5-13(14-12)18-9-3-6-15-7-10-17-11-8-15/h2,4-5H,3,6-11H2,1H3. The summed E-state index contributed by atoms with van der Waals surface area (Å²) in [6, 6.07) is 5.53. The van der Waals surface area contributed by atoms with E-state index < -0.39 is 0 Å². The third kappa shape index (κ3) is 4.16. The van der Waals surface area contributed by atoms with Gasteiger partial charge in [0.1, 0.15) is 0 Å². The molecule has 0 radical (unpaired) electrons. The number of pyridine rings is 1. The molecule has 1 aliphatic rings. The molecule has 0 spiro atoms. The van der Waals surface area contributed by atoms with Crippen LogP contribution in [0.3, 0.4) is 0 Å². The quantitative estimate of drug-likeness (QED) is 0.712. The third-order valence-electron chi connectivity index (χ3n) is 2.88. The summed E-state index contributed by atoms with van der Waals surface area (Å²) in [6.45, 7) is 5.47. The number of rotatable bonds is 6. The van der Waals surface area contributed by atoms with Crippen molar-refractivity contribution < 1.29 is 14.2 Å². The topological polar surface area (TPSA) is 43.8 Å². The Kier molecular flexibility index (Phi) is 5.23. The predicted octanol–water partition coefficient (Wildman–Crippen LogP) is 1.19. The van der Waals surface area contributed by atoms with E-state index in [2.05, 4.69) is 9.88 Å². The number of ether oxygens (including phenoxy) is 3. The molecule has 0 amide bonds. The van der Waals surface area contributed by atoms with Gasteiger partial charge in [-0.25, -0.2) is 0 Å².